The maximum atomic E-state index is 11.6. The first-order valence-electron chi connectivity index (χ1n) is 7.46. The molecule has 0 fully saturated rings. The van der Waals surface area contributed by atoms with E-state index in [0.29, 0.717) is 18.0 Å². The van der Waals surface area contributed by atoms with E-state index in [1.807, 2.05) is 44.2 Å². The third-order valence-corrected chi connectivity index (χ3v) is 4.54. The minimum Gasteiger partial charge on any atom is -0.489 e. The number of ether oxygens (including phenoxy) is 1. The Morgan fingerprint density at radius 3 is 2.35 bits per heavy atom. The zero-order valence-corrected chi connectivity index (χ0v) is 15.9. The first kappa shape index (κ1) is 19.5. The zero-order valence-electron chi connectivity index (χ0n) is 13.5. The van der Waals surface area contributed by atoms with Gasteiger partial charge in [0.1, 0.15) is 12.4 Å². The van der Waals surface area contributed by atoms with Crippen molar-refractivity contribution in [3.8, 4) is 5.75 Å². The average molecular weight is 400 g/mol. The van der Waals surface area contributed by atoms with Crippen LogP contribution in [0, 0.1) is 0 Å². The molecule has 2 rings (SSSR count). The Bertz CT molecular complexity index is 703. The van der Waals surface area contributed by atoms with E-state index in [0.717, 1.165) is 10.0 Å². The van der Waals surface area contributed by atoms with Crippen molar-refractivity contribution < 1.29 is 13.2 Å². The molecule has 126 valence electrons. The second kappa shape index (κ2) is 9.57. The highest BCUT2D eigenvalue weighted by Gasteiger charge is 2.08. The van der Waals surface area contributed by atoms with Crippen LogP contribution >= 0.6 is 15.9 Å². The van der Waals surface area contributed by atoms with Crippen LogP contribution in [0.1, 0.15) is 26.3 Å². The molecular formula is C17H22BrNO3S. The molecule has 0 aliphatic rings. The first-order valence-corrected chi connectivity index (χ1v) is 9.91. The Kier molecular flexibility index (Phi) is 8.12. The molecule has 2 aromatic carbocycles. The molecule has 0 saturated carbocycles. The van der Waals surface area contributed by atoms with Crippen molar-refractivity contribution in [3.63, 3.8) is 0 Å². The topological polar surface area (TPSA) is 55.4 Å². The van der Waals surface area contributed by atoms with Gasteiger partial charge in [0.2, 0.25) is 10.0 Å². The summed E-state index contributed by atoms with van der Waals surface area (Å²) in [5, 5.41) is 0. The molecule has 0 heterocycles. The molecule has 0 aromatic heterocycles. The quantitative estimate of drug-likeness (QED) is 0.757. The maximum Gasteiger partial charge on any atom is 0.232 e. The molecule has 0 unspecified atom stereocenters. The number of nitrogens with one attached hydrogen (secondary N) is 1. The van der Waals surface area contributed by atoms with Gasteiger partial charge in [0, 0.05) is 10.5 Å². The number of hydrogen-bond donors (Lipinski definition) is 1. The molecule has 4 nitrogen and oxygen atoms in total. The van der Waals surface area contributed by atoms with Gasteiger partial charge in [-0.2, -0.15) is 0 Å². The Hall–Kier alpha value is -1.53. The molecule has 0 radical (unpaired) electrons. The average Bonchev–Trinajstić information content (AvgIpc) is 2.55. The standard InChI is InChI=1S/C15H16BrNO3S.C2H6/c1-2-21(18,19)17-14-8-13(16)9-15(10-14)20-11-12-6-4-3-5-7-12;1-2/h3-10,17H,2,11H2,1H3;1-2H3. The number of rotatable bonds is 6. The van der Waals surface area contributed by atoms with Crippen molar-refractivity contribution in [2.45, 2.75) is 27.4 Å². The number of hydrogen-bond acceptors (Lipinski definition) is 3. The van der Waals surface area contributed by atoms with Crippen LogP contribution in [0.15, 0.2) is 53.0 Å². The second-order valence-corrected chi connectivity index (χ2v) is 7.38. The van der Waals surface area contributed by atoms with Gasteiger partial charge >= 0.3 is 0 Å². The van der Waals surface area contributed by atoms with Crippen LogP contribution in [-0.4, -0.2) is 14.2 Å². The maximum absolute atomic E-state index is 11.6. The third-order valence-electron chi connectivity index (χ3n) is 2.77. The smallest absolute Gasteiger partial charge is 0.232 e. The number of benzene rings is 2. The van der Waals surface area contributed by atoms with Gasteiger partial charge in [0.25, 0.3) is 0 Å². The molecule has 0 aliphatic carbocycles. The van der Waals surface area contributed by atoms with Crippen LogP contribution in [0.3, 0.4) is 0 Å². The third kappa shape index (κ3) is 7.05. The van der Waals surface area contributed by atoms with Crippen molar-refractivity contribution in [2.24, 2.45) is 0 Å². The van der Waals surface area contributed by atoms with E-state index in [1.54, 1.807) is 25.1 Å². The molecule has 6 heteroatoms. The summed E-state index contributed by atoms with van der Waals surface area (Å²) in [6.07, 6.45) is 0. The molecule has 0 bridgehead atoms. The van der Waals surface area contributed by atoms with Crippen LogP contribution in [0.4, 0.5) is 5.69 Å². The highest BCUT2D eigenvalue weighted by atomic mass is 79.9. The van der Waals surface area contributed by atoms with Crippen LogP contribution in [0.25, 0.3) is 0 Å². The monoisotopic (exact) mass is 399 g/mol. The summed E-state index contributed by atoms with van der Waals surface area (Å²) in [6.45, 7) is 6.02. The van der Waals surface area contributed by atoms with E-state index in [2.05, 4.69) is 20.7 Å². The Balaban J connectivity index is 0.00000127. The summed E-state index contributed by atoms with van der Waals surface area (Å²) in [4.78, 5) is 0. The van der Waals surface area contributed by atoms with Crippen molar-refractivity contribution in [3.05, 3.63) is 58.6 Å². The van der Waals surface area contributed by atoms with Gasteiger partial charge in [-0.05, 0) is 24.6 Å². The highest BCUT2D eigenvalue weighted by molar-refractivity contribution is 9.10. The largest absolute Gasteiger partial charge is 0.489 e. The van der Waals surface area contributed by atoms with E-state index < -0.39 is 10.0 Å². The minimum atomic E-state index is -3.30. The summed E-state index contributed by atoms with van der Waals surface area (Å²) in [5.41, 5.74) is 1.53. The van der Waals surface area contributed by atoms with Crippen LogP contribution < -0.4 is 9.46 Å². The lowest BCUT2D eigenvalue weighted by molar-refractivity contribution is 0.306. The van der Waals surface area contributed by atoms with Gasteiger partial charge in [0.05, 0.1) is 11.4 Å². The van der Waals surface area contributed by atoms with Gasteiger partial charge in [-0.15, -0.1) is 0 Å². The van der Waals surface area contributed by atoms with Crippen molar-refractivity contribution in [1.82, 2.24) is 0 Å². The lowest BCUT2D eigenvalue weighted by Gasteiger charge is -2.11. The van der Waals surface area contributed by atoms with Crippen LogP contribution in [-0.2, 0) is 16.6 Å². The minimum absolute atomic E-state index is 0.0275. The molecule has 0 spiro atoms. The second-order valence-electron chi connectivity index (χ2n) is 4.46. The summed E-state index contributed by atoms with van der Waals surface area (Å²) in [6, 6.07) is 14.9. The fourth-order valence-corrected chi connectivity index (χ4v) is 2.79. The summed E-state index contributed by atoms with van der Waals surface area (Å²) >= 11 is 3.35. The number of halogens is 1. The molecule has 0 saturated heterocycles. The number of sulfonamides is 1. The molecule has 23 heavy (non-hydrogen) atoms. The summed E-state index contributed by atoms with van der Waals surface area (Å²) < 4.78 is 32.2. The fraction of sp³-hybridized carbons (Fsp3) is 0.294. The molecule has 2 aromatic rings. The lowest BCUT2D eigenvalue weighted by Crippen LogP contribution is -2.14. The predicted molar refractivity (Wildman–Crippen MR) is 99.3 cm³/mol. The van der Waals surface area contributed by atoms with Gasteiger partial charge < -0.3 is 4.74 Å². The Labute approximate surface area is 147 Å². The van der Waals surface area contributed by atoms with E-state index >= 15 is 0 Å². The molecule has 0 amide bonds. The summed E-state index contributed by atoms with van der Waals surface area (Å²) in [7, 11) is -3.30. The fourth-order valence-electron chi connectivity index (χ4n) is 1.70. The van der Waals surface area contributed by atoms with Crippen LogP contribution in [0.5, 0.6) is 5.75 Å². The molecule has 0 atom stereocenters. The van der Waals surface area contributed by atoms with Gasteiger partial charge in [-0.3, -0.25) is 4.72 Å². The highest BCUT2D eigenvalue weighted by Crippen LogP contribution is 2.26. The van der Waals surface area contributed by atoms with Crippen molar-refractivity contribution >= 4 is 31.6 Å². The predicted octanol–water partition coefficient (Wildman–Crippen LogP) is 4.82. The molecule has 1 N–H and O–H groups in total. The van der Waals surface area contributed by atoms with E-state index in [4.69, 9.17) is 4.74 Å². The first-order chi connectivity index (χ1) is 11.0. The number of anilines is 1. The zero-order chi connectivity index (χ0) is 17.3. The summed E-state index contributed by atoms with van der Waals surface area (Å²) in [5.74, 6) is 0.627. The van der Waals surface area contributed by atoms with Gasteiger partial charge in [0.15, 0.2) is 0 Å². The van der Waals surface area contributed by atoms with Gasteiger partial charge in [-0.25, -0.2) is 8.42 Å². The van der Waals surface area contributed by atoms with E-state index in [-0.39, 0.29) is 5.75 Å². The van der Waals surface area contributed by atoms with E-state index in [9.17, 15) is 8.42 Å². The van der Waals surface area contributed by atoms with Crippen LogP contribution in [0.2, 0.25) is 0 Å². The van der Waals surface area contributed by atoms with Crippen molar-refractivity contribution in [2.75, 3.05) is 10.5 Å². The SMILES string of the molecule is CC.CCS(=O)(=O)Nc1cc(Br)cc(OCc2ccccc2)c1. The normalized spacial score (nSPS) is 10.4. The van der Waals surface area contributed by atoms with E-state index in [1.165, 1.54) is 0 Å². The Morgan fingerprint density at radius 1 is 1.09 bits per heavy atom. The molecule has 0 aliphatic heterocycles. The lowest BCUT2D eigenvalue weighted by atomic mass is 10.2. The van der Waals surface area contributed by atoms with Gasteiger partial charge in [-0.1, -0.05) is 60.1 Å². The van der Waals surface area contributed by atoms with Crippen molar-refractivity contribution in [1.29, 1.82) is 0 Å². The molecular weight excluding hydrogens is 378 g/mol. The Morgan fingerprint density at radius 2 is 1.74 bits per heavy atom.